The SMILES string of the molecule is C=CC(C)c1cc(C)c(C(=O)Cl)cc1C(F)(F)F. The van der Waals surface area contributed by atoms with E-state index in [1.807, 2.05) is 0 Å². The Balaban J connectivity index is 3.57. The smallest absolute Gasteiger partial charge is 0.276 e. The van der Waals surface area contributed by atoms with E-state index in [0.717, 1.165) is 6.07 Å². The predicted octanol–water partition coefficient (Wildman–Crippen LogP) is 4.68. The third kappa shape index (κ3) is 2.93. The van der Waals surface area contributed by atoms with Gasteiger partial charge < -0.3 is 0 Å². The van der Waals surface area contributed by atoms with Crippen LogP contribution < -0.4 is 0 Å². The van der Waals surface area contributed by atoms with Crippen LogP contribution in [0.5, 0.6) is 0 Å². The van der Waals surface area contributed by atoms with Crippen molar-refractivity contribution in [3.05, 3.63) is 47.0 Å². The van der Waals surface area contributed by atoms with E-state index in [2.05, 4.69) is 6.58 Å². The molecule has 0 radical (unpaired) electrons. The minimum atomic E-state index is -4.53. The highest BCUT2D eigenvalue weighted by atomic mass is 35.5. The minimum absolute atomic E-state index is 0.0941. The quantitative estimate of drug-likeness (QED) is 0.578. The molecule has 0 saturated carbocycles. The molecule has 0 aliphatic rings. The molecular formula is C13H12ClF3O. The second-order valence-electron chi connectivity index (χ2n) is 4.05. The van der Waals surface area contributed by atoms with Crippen molar-refractivity contribution >= 4 is 16.8 Å². The summed E-state index contributed by atoms with van der Waals surface area (Å²) >= 11 is 5.27. The maximum Gasteiger partial charge on any atom is 0.416 e. The summed E-state index contributed by atoms with van der Waals surface area (Å²) in [4.78, 5) is 11.1. The first-order valence-electron chi connectivity index (χ1n) is 5.22. The van der Waals surface area contributed by atoms with Gasteiger partial charge in [0, 0.05) is 5.56 Å². The number of aryl methyl sites for hydroxylation is 1. The lowest BCUT2D eigenvalue weighted by Crippen LogP contribution is -2.13. The van der Waals surface area contributed by atoms with Crippen molar-refractivity contribution < 1.29 is 18.0 Å². The average molecular weight is 277 g/mol. The van der Waals surface area contributed by atoms with E-state index in [1.165, 1.54) is 12.1 Å². The number of alkyl halides is 3. The van der Waals surface area contributed by atoms with Gasteiger partial charge in [0.1, 0.15) is 0 Å². The molecule has 0 amide bonds. The van der Waals surface area contributed by atoms with Crippen LogP contribution in [-0.4, -0.2) is 5.24 Å². The van der Waals surface area contributed by atoms with Crippen molar-refractivity contribution in [2.24, 2.45) is 0 Å². The number of hydrogen-bond donors (Lipinski definition) is 0. The highest BCUT2D eigenvalue weighted by molar-refractivity contribution is 6.67. The van der Waals surface area contributed by atoms with Gasteiger partial charge >= 0.3 is 6.18 Å². The fourth-order valence-corrected chi connectivity index (χ4v) is 1.89. The number of carbonyl (C=O) groups excluding carboxylic acids is 1. The van der Waals surface area contributed by atoms with Gasteiger partial charge in [0.15, 0.2) is 0 Å². The Bertz CT molecular complexity index is 492. The van der Waals surface area contributed by atoms with Gasteiger partial charge in [-0.2, -0.15) is 13.2 Å². The Morgan fingerprint density at radius 1 is 1.44 bits per heavy atom. The molecule has 1 unspecified atom stereocenters. The lowest BCUT2D eigenvalue weighted by atomic mass is 9.91. The van der Waals surface area contributed by atoms with Crippen LogP contribution in [0.4, 0.5) is 13.2 Å². The highest BCUT2D eigenvalue weighted by Crippen LogP contribution is 2.37. The number of rotatable bonds is 3. The van der Waals surface area contributed by atoms with Crippen molar-refractivity contribution in [2.75, 3.05) is 0 Å². The lowest BCUT2D eigenvalue weighted by Gasteiger charge is -2.18. The molecule has 5 heteroatoms. The summed E-state index contributed by atoms with van der Waals surface area (Å²) in [5.41, 5.74) is -0.447. The first kappa shape index (κ1) is 14.8. The summed E-state index contributed by atoms with van der Waals surface area (Å²) in [5, 5.41) is -0.893. The topological polar surface area (TPSA) is 17.1 Å². The van der Waals surface area contributed by atoms with E-state index < -0.39 is 22.9 Å². The van der Waals surface area contributed by atoms with Crippen molar-refractivity contribution in [3.8, 4) is 0 Å². The highest BCUT2D eigenvalue weighted by Gasteiger charge is 2.35. The maximum atomic E-state index is 12.9. The molecule has 1 atom stereocenters. The molecular weight excluding hydrogens is 265 g/mol. The van der Waals surface area contributed by atoms with Crippen LogP contribution in [-0.2, 0) is 6.18 Å². The van der Waals surface area contributed by atoms with E-state index in [0.29, 0.717) is 5.56 Å². The van der Waals surface area contributed by atoms with Crippen molar-refractivity contribution in [1.82, 2.24) is 0 Å². The zero-order chi connectivity index (χ0) is 14.1. The van der Waals surface area contributed by atoms with Gasteiger partial charge in [-0.25, -0.2) is 0 Å². The number of halogens is 4. The summed E-state index contributed by atoms with van der Waals surface area (Å²) in [6.45, 7) is 6.65. The monoisotopic (exact) mass is 276 g/mol. The van der Waals surface area contributed by atoms with E-state index in [9.17, 15) is 18.0 Å². The summed E-state index contributed by atoms with van der Waals surface area (Å²) in [5.74, 6) is -0.459. The van der Waals surface area contributed by atoms with Gasteiger partial charge in [0.25, 0.3) is 5.24 Å². The molecule has 0 saturated heterocycles. The molecule has 0 heterocycles. The van der Waals surface area contributed by atoms with E-state index >= 15 is 0 Å². The van der Waals surface area contributed by atoms with Crippen LogP contribution in [0.25, 0.3) is 0 Å². The van der Waals surface area contributed by atoms with Crippen LogP contribution >= 0.6 is 11.6 Å². The van der Waals surface area contributed by atoms with Crippen molar-refractivity contribution in [1.29, 1.82) is 0 Å². The second kappa shape index (κ2) is 5.14. The molecule has 1 nitrogen and oxygen atoms in total. The Labute approximate surface area is 108 Å². The van der Waals surface area contributed by atoms with Gasteiger partial charge in [-0.15, -0.1) is 6.58 Å². The molecule has 1 aromatic rings. The van der Waals surface area contributed by atoms with E-state index in [-0.39, 0.29) is 11.1 Å². The van der Waals surface area contributed by atoms with Crippen LogP contribution in [0.1, 0.15) is 39.9 Å². The fourth-order valence-electron chi connectivity index (χ4n) is 1.69. The maximum absolute atomic E-state index is 12.9. The van der Waals surface area contributed by atoms with Crippen LogP contribution in [0.15, 0.2) is 24.8 Å². The Morgan fingerprint density at radius 3 is 2.39 bits per heavy atom. The average Bonchev–Trinajstić information content (AvgIpc) is 2.25. The van der Waals surface area contributed by atoms with Crippen LogP contribution in [0, 0.1) is 6.92 Å². The number of carbonyl (C=O) groups is 1. The molecule has 0 spiro atoms. The molecule has 0 aromatic heterocycles. The zero-order valence-corrected chi connectivity index (χ0v) is 10.7. The molecule has 0 N–H and O–H groups in total. The van der Waals surface area contributed by atoms with Crippen LogP contribution in [0.2, 0.25) is 0 Å². The molecule has 98 valence electrons. The summed E-state index contributed by atoms with van der Waals surface area (Å²) in [6, 6.07) is 2.14. The molecule has 0 fully saturated rings. The summed E-state index contributed by atoms with van der Waals surface area (Å²) < 4.78 is 38.8. The van der Waals surface area contributed by atoms with E-state index in [1.54, 1.807) is 13.8 Å². The first-order valence-corrected chi connectivity index (χ1v) is 5.60. The molecule has 18 heavy (non-hydrogen) atoms. The zero-order valence-electron chi connectivity index (χ0n) is 9.94. The number of hydrogen-bond acceptors (Lipinski definition) is 1. The Hall–Kier alpha value is -1.29. The summed E-state index contributed by atoms with van der Waals surface area (Å²) in [7, 11) is 0. The van der Waals surface area contributed by atoms with Crippen molar-refractivity contribution in [3.63, 3.8) is 0 Å². The Morgan fingerprint density at radius 2 is 2.00 bits per heavy atom. The number of benzene rings is 1. The fraction of sp³-hybridized carbons (Fsp3) is 0.308. The van der Waals surface area contributed by atoms with Gasteiger partial charge in [-0.3, -0.25) is 4.79 Å². The Kier molecular flexibility index (Phi) is 4.22. The molecule has 0 aliphatic carbocycles. The van der Waals surface area contributed by atoms with E-state index in [4.69, 9.17) is 11.6 Å². The lowest BCUT2D eigenvalue weighted by molar-refractivity contribution is -0.138. The second-order valence-corrected chi connectivity index (χ2v) is 4.39. The van der Waals surface area contributed by atoms with Gasteiger partial charge in [0.05, 0.1) is 5.56 Å². The first-order chi connectivity index (χ1) is 8.18. The van der Waals surface area contributed by atoms with Crippen LogP contribution in [0.3, 0.4) is 0 Å². The van der Waals surface area contributed by atoms with Crippen molar-refractivity contribution in [2.45, 2.75) is 25.9 Å². The standard InChI is InChI=1S/C13H12ClF3O/c1-4-7(2)9-5-8(3)10(12(14)18)6-11(9)13(15,16)17/h4-7H,1H2,2-3H3. The minimum Gasteiger partial charge on any atom is -0.276 e. The molecule has 0 bridgehead atoms. The molecule has 1 rings (SSSR count). The molecule has 0 aliphatic heterocycles. The summed E-state index contributed by atoms with van der Waals surface area (Å²) in [6.07, 6.45) is -3.10. The normalized spacial score (nSPS) is 13.2. The molecule has 1 aromatic carbocycles. The predicted molar refractivity (Wildman–Crippen MR) is 65.0 cm³/mol. The van der Waals surface area contributed by atoms with Gasteiger partial charge in [-0.05, 0) is 41.6 Å². The third-order valence-corrected chi connectivity index (χ3v) is 2.96. The van der Waals surface area contributed by atoms with Gasteiger partial charge in [0.2, 0.25) is 0 Å². The van der Waals surface area contributed by atoms with Gasteiger partial charge in [-0.1, -0.05) is 19.1 Å². The number of allylic oxidation sites excluding steroid dienone is 1. The third-order valence-electron chi connectivity index (χ3n) is 2.76. The largest absolute Gasteiger partial charge is 0.416 e.